The lowest BCUT2D eigenvalue weighted by atomic mass is 10.0. The first kappa shape index (κ1) is 18.0. The zero-order valence-electron chi connectivity index (χ0n) is 15.1. The molecule has 0 atom stereocenters. The maximum Gasteiger partial charge on any atom is 0.264 e. The Morgan fingerprint density at radius 2 is 1.78 bits per heavy atom. The fourth-order valence-electron chi connectivity index (χ4n) is 3.27. The molecule has 4 nitrogen and oxygen atoms in total. The molecule has 1 amide bonds. The van der Waals surface area contributed by atoms with Crippen molar-refractivity contribution in [2.24, 2.45) is 0 Å². The van der Waals surface area contributed by atoms with Gasteiger partial charge in [-0.15, -0.1) is 11.3 Å². The molecule has 1 aliphatic heterocycles. The molecule has 138 valence electrons. The summed E-state index contributed by atoms with van der Waals surface area (Å²) in [5, 5.41) is 2.63. The monoisotopic (exact) mass is 397 g/mol. The van der Waals surface area contributed by atoms with E-state index in [2.05, 4.69) is 41.1 Å². The quantitative estimate of drug-likeness (QED) is 0.640. The number of carbonyl (C=O) groups is 1. The van der Waals surface area contributed by atoms with Crippen molar-refractivity contribution in [3.05, 3.63) is 69.5 Å². The smallest absolute Gasteiger partial charge is 0.264 e. The molecule has 0 N–H and O–H groups in total. The van der Waals surface area contributed by atoms with Crippen LogP contribution in [0.4, 0.5) is 5.82 Å². The van der Waals surface area contributed by atoms with E-state index in [0.717, 1.165) is 34.9 Å². The number of carbonyl (C=O) groups excluding carboxylic acids is 1. The van der Waals surface area contributed by atoms with Gasteiger partial charge < -0.3 is 9.80 Å². The van der Waals surface area contributed by atoms with E-state index in [1.165, 1.54) is 16.9 Å². The molecule has 27 heavy (non-hydrogen) atoms. The van der Waals surface area contributed by atoms with E-state index in [1.807, 2.05) is 28.5 Å². The Hall–Kier alpha value is -2.37. The van der Waals surface area contributed by atoms with Crippen LogP contribution in [-0.2, 0) is 0 Å². The number of pyridine rings is 1. The van der Waals surface area contributed by atoms with E-state index in [-0.39, 0.29) is 5.91 Å². The van der Waals surface area contributed by atoms with Gasteiger partial charge in [-0.05, 0) is 36.1 Å². The van der Waals surface area contributed by atoms with Crippen LogP contribution in [0.5, 0.6) is 0 Å². The van der Waals surface area contributed by atoms with Crippen LogP contribution in [0.1, 0.15) is 15.2 Å². The summed E-state index contributed by atoms with van der Waals surface area (Å²) in [6.45, 7) is 4.98. The first-order valence-corrected chi connectivity index (χ1v) is 10.2. The Kier molecular flexibility index (Phi) is 5.14. The largest absolute Gasteiger partial charge is 0.353 e. The van der Waals surface area contributed by atoms with Crippen LogP contribution in [0.15, 0.2) is 54.0 Å². The summed E-state index contributed by atoms with van der Waals surface area (Å²) in [5.74, 6) is 1.02. The van der Waals surface area contributed by atoms with Crippen molar-refractivity contribution in [1.29, 1.82) is 0 Å². The van der Waals surface area contributed by atoms with Crippen LogP contribution in [0, 0.1) is 6.92 Å². The molecule has 0 saturated carbocycles. The fraction of sp³-hybridized carbons (Fsp3) is 0.238. The minimum atomic E-state index is 0.115. The number of amides is 1. The molecular weight excluding hydrogens is 378 g/mol. The van der Waals surface area contributed by atoms with Gasteiger partial charge in [0.25, 0.3) is 5.91 Å². The number of aromatic nitrogens is 1. The summed E-state index contributed by atoms with van der Waals surface area (Å²) in [6.07, 6.45) is 1.66. The molecule has 6 heteroatoms. The van der Waals surface area contributed by atoms with Gasteiger partial charge in [0.05, 0.1) is 9.90 Å². The van der Waals surface area contributed by atoms with Crippen molar-refractivity contribution in [3.8, 4) is 11.1 Å². The summed E-state index contributed by atoms with van der Waals surface area (Å²) in [4.78, 5) is 22.4. The van der Waals surface area contributed by atoms with E-state index in [9.17, 15) is 4.79 Å². The Morgan fingerprint density at radius 1 is 1.04 bits per heavy atom. The van der Waals surface area contributed by atoms with Gasteiger partial charge in [-0.1, -0.05) is 41.4 Å². The number of hydrogen-bond acceptors (Lipinski definition) is 4. The van der Waals surface area contributed by atoms with Crippen molar-refractivity contribution in [1.82, 2.24) is 9.88 Å². The van der Waals surface area contributed by atoms with Crippen LogP contribution in [-0.4, -0.2) is 42.0 Å². The Labute approximate surface area is 168 Å². The van der Waals surface area contributed by atoms with Gasteiger partial charge in [0.2, 0.25) is 0 Å². The average Bonchev–Trinajstić information content (AvgIpc) is 3.18. The summed E-state index contributed by atoms with van der Waals surface area (Å²) in [6, 6.07) is 14.1. The lowest BCUT2D eigenvalue weighted by molar-refractivity contribution is 0.0752. The highest BCUT2D eigenvalue weighted by atomic mass is 35.5. The second-order valence-corrected chi connectivity index (χ2v) is 8.00. The minimum Gasteiger partial charge on any atom is -0.353 e. The SMILES string of the molecule is Cc1ccc(-c2ccsc2C(=O)N2CCN(c3ccc(Cl)cn3)CC2)cc1. The summed E-state index contributed by atoms with van der Waals surface area (Å²) >= 11 is 7.43. The van der Waals surface area contributed by atoms with Gasteiger partial charge in [-0.3, -0.25) is 4.79 Å². The van der Waals surface area contributed by atoms with Crippen LogP contribution in [0.3, 0.4) is 0 Å². The van der Waals surface area contributed by atoms with Crippen molar-refractivity contribution in [2.75, 3.05) is 31.1 Å². The third-order valence-electron chi connectivity index (χ3n) is 4.82. The average molecular weight is 398 g/mol. The van der Waals surface area contributed by atoms with Gasteiger partial charge in [0.15, 0.2) is 0 Å². The topological polar surface area (TPSA) is 36.4 Å². The van der Waals surface area contributed by atoms with Crippen LogP contribution >= 0.6 is 22.9 Å². The minimum absolute atomic E-state index is 0.115. The number of anilines is 1. The summed E-state index contributed by atoms with van der Waals surface area (Å²) in [7, 11) is 0. The number of benzene rings is 1. The zero-order chi connectivity index (χ0) is 18.8. The standard InChI is InChI=1S/C21H20ClN3OS/c1-15-2-4-16(5-3-15)18-8-13-27-20(18)21(26)25-11-9-24(10-12-25)19-7-6-17(22)14-23-19/h2-8,13-14H,9-12H2,1H3. The number of rotatable bonds is 3. The number of thiophene rings is 1. The normalized spacial score (nSPS) is 14.4. The van der Waals surface area contributed by atoms with E-state index < -0.39 is 0 Å². The van der Waals surface area contributed by atoms with E-state index in [1.54, 1.807) is 6.20 Å². The molecular formula is C21H20ClN3OS. The van der Waals surface area contributed by atoms with Gasteiger partial charge >= 0.3 is 0 Å². The number of hydrogen-bond donors (Lipinski definition) is 0. The number of halogens is 1. The third kappa shape index (κ3) is 3.84. The predicted octanol–water partition coefficient (Wildman–Crippen LogP) is 4.73. The molecule has 4 rings (SSSR count). The van der Waals surface area contributed by atoms with Crippen LogP contribution in [0.25, 0.3) is 11.1 Å². The first-order valence-electron chi connectivity index (χ1n) is 8.92. The van der Waals surface area contributed by atoms with E-state index >= 15 is 0 Å². The van der Waals surface area contributed by atoms with Crippen molar-refractivity contribution in [2.45, 2.75) is 6.92 Å². The summed E-state index contributed by atoms with van der Waals surface area (Å²) in [5.41, 5.74) is 3.33. The molecule has 0 aliphatic carbocycles. The van der Waals surface area contributed by atoms with Crippen molar-refractivity contribution in [3.63, 3.8) is 0 Å². The lowest BCUT2D eigenvalue weighted by Crippen LogP contribution is -2.49. The van der Waals surface area contributed by atoms with Gasteiger partial charge in [-0.2, -0.15) is 0 Å². The zero-order valence-corrected chi connectivity index (χ0v) is 16.6. The maximum atomic E-state index is 13.1. The summed E-state index contributed by atoms with van der Waals surface area (Å²) < 4.78 is 0. The predicted molar refractivity (Wildman–Crippen MR) is 112 cm³/mol. The third-order valence-corrected chi connectivity index (χ3v) is 5.95. The lowest BCUT2D eigenvalue weighted by Gasteiger charge is -2.35. The number of piperazine rings is 1. The molecule has 0 bridgehead atoms. The van der Waals surface area contributed by atoms with Crippen molar-refractivity contribution < 1.29 is 4.79 Å². The molecule has 1 aliphatic rings. The van der Waals surface area contributed by atoms with Crippen LogP contribution < -0.4 is 4.90 Å². The molecule has 3 heterocycles. The molecule has 1 saturated heterocycles. The molecule has 2 aromatic heterocycles. The van der Waals surface area contributed by atoms with E-state index in [0.29, 0.717) is 18.1 Å². The highest BCUT2D eigenvalue weighted by Crippen LogP contribution is 2.30. The van der Waals surface area contributed by atoms with Crippen LogP contribution in [0.2, 0.25) is 5.02 Å². The van der Waals surface area contributed by atoms with Gasteiger partial charge in [0.1, 0.15) is 5.82 Å². The number of nitrogens with zero attached hydrogens (tertiary/aromatic N) is 3. The molecule has 0 radical (unpaired) electrons. The Bertz CT molecular complexity index is 929. The fourth-order valence-corrected chi connectivity index (χ4v) is 4.27. The van der Waals surface area contributed by atoms with E-state index in [4.69, 9.17) is 11.6 Å². The van der Waals surface area contributed by atoms with Crippen molar-refractivity contribution >= 4 is 34.7 Å². The maximum absolute atomic E-state index is 13.1. The molecule has 1 fully saturated rings. The number of aryl methyl sites for hydroxylation is 1. The second-order valence-electron chi connectivity index (χ2n) is 6.64. The highest BCUT2D eigenvalue weighted by molar-refractivity contribution is 7.12. The molecule has 3 aromatic rings. The first-order chi connectivity index (χ1) is 13.1. The van der Waals surface area contributed by atoms with Gasteiger partial charge in [-0.25, -0.2) is 4.98 Å². The molecule has 0 unspecified atom stereocenters. The second kappa shape index (κ2) is 7.71. The van der Waals surface area contributed by atoms with Gasteiger partial charge in [0, 0.05) is 37.9 Å². The highest BCUT2D eigenvalue weighted by Gasteiger charge is 2.25. The Balaban J connectivity index is 1.46. The Morgan fingerprint density at radius 3 is 2.44 bits per heavy atom. The molecule has 1 aromatic carbocycles. The molecule has 0 spiro atoms.